The van der Waals surface area contributed by atoms with Crippen LogP contribution >= 0.6 is 27.5 Å². The maximum Gasteiger partial charge on any atom is 0.356 e. The zero-order valence-corrected chi connectivity index (χ0v) is 11.6. The standard InChI is InChI=1S/C12H9BrClNO2/c1-6-3-7-9(14)5-10(12(16)17-2)15-11(7)8(13)4-6/h3-5H,1-2H3. The summed E-state index contributed by atoms with van der Waals surface area (Å²) in [7, 11) is 1.31. The highest BCUT2D eigenvalue weighted by atomic mass is 79.9. The summed E-state index contributed by atoms with van der Waals surface area (Å²) in [6.07, 6.45) is 0. The minimum atomic E-state index is -0.499. The number of fused-ring (bicyclic) bond motifs is 1. The molecule has 0 saturated carbocycles. The smallest absolute Gasteiger partial charge is 0.356 e. The normalized spacial score (nSPS) is 10.6. The predicted octanol–water partition coefficient (Wildman–Crippen LogP) is 3.75. The zero-order valence-electron chi connectivity index (χ0n) is 9.25. The minimum Gasteiger partial charge on any atom is -0.464 e. The first-order valence-corrected chi connectivity index (χ1v) is 6.04. The predicted molar refractivity (Wildman–Crippen MR) is 70.5 cm³/mol. The van der Waals surface area contributed by atoms with Crippen LogP contribution in [0.3, 0.4) is 0 Å². The van der Waals surface area contributed by atoms with Crippen LogP contribution in [0.4, 0.5) is 0 Å². The lowest BCUT2D eigenvalue weighted by Crippen LogP contribution is -2.04. The Balaban J connectivity index is 2.77. The number of benzene rings is 1. The number of carbonyl (C=O) groups excluding carboxylic acids is 1. The average molecular weight is 315 g/mol. The third-order valence-electron chi connectivity index (χ3n) is 2.36. The lowest BCUT2D eigenvalue weighted by Gasteiger charge is -2.06. The van der Waals surface area contributed by atoms with Gasteiger partial charge in [-0.25, -0.2) is 9.78 Å². The van der Waals surface area contributed by atoms with Crippen molar-refractivity contribution in [2.45, 2.75) is 6.92 Å². The molecule has 17 heavy (non-hydrogen) atoms. The lowest BCUT2D eigenvalue weighted by atomic mass is 10.1. The Morgan fingerprint density at radius 2 is 2.12 bits per heavy atom. The molecule has 2 rings (SSSR count). The number of aromatic nitrogens is 1. The molecule has 0 spiro atoms. The number of methoxy groups -OCH3 is 1. The number of rotatable bonds is 1. The summed E-state index contributed by atoms with van der Waals surface area (Å²) >= 11 is 9.55. The molecule has 0 bridgehead atoms. The quantitative estimate of drug-likeness (QED) is 0.753. The van der Waals surface area contributed by atoms with Crippen LogP contribution in [-0.4, -0.2) is 18.1 Å². The van der Waals surface area contributed by atoms with Gasteiger partial charge in [-0.3, -0.25) is 0 Å². The number of pyridine rings is 1. The van der Waals surface area contributed by atoms with Gasteiger partial charge in [-0.15, -0.1) is 0 Å². The van der Waals surface area contributed by atoms with Crippen molar-refractivity contribution < 1.29 is 9.53 Å². The first-order chi connectivity index (χ1) is 8.02. The van der Waals surface area contributed by atoms with Crippen molar-refractivity contribution in [3.63, 3.8) is 0 Å². The topological polar surface area (TPSA) is 39.2 Å². The van der Waals surface area contributed by atoms with Gasteiger partial charge in [0.1, 0.15) is 0 Å². The molecule has 0 aliphatic heterocycles. The third kappa shape index (κ3) is 2.28. The Labute approximate surface area is 112 Å². The van der Waals surface area contributed by atoms with E-state index in [1.807, 2.05) is 19.1 Å². The van der Waals surface area contributed by atoms with Gasteiger partial charge in [-0.2, -0.15) is 0 Å². The number of halogens is 2. The largest absolute Gasteiger partial charge is 0.464 e. The molecule has 0 N–H and O–H groups in total. The molecular weight excluding hydrogens is 305 g/mol. The van der Waals surface area contributed by atoms with E-state index >= 15 is 0 Å². The second kappa shape index (κ2) is 4.63. The molecule has 5 heteroatoms. The van der Waals surface area contributed by atoms with E-state index in [1.165, 1.54) is 13.2 Å². The van der Waals surface area contributed by atoms with Crippen molar-refractivity contribution in [2.24, 2.45) is 0 Å². The van der Waals surface area contributed by atoms with Crippen molar-refractivity contribution in [3.8, 4) is 0 Å². The Hall–Kier alpha value is -1.13. The summed E-state index contributed by atoms with van der Waals surface area (Å²) in [5.41, 5.74) is 1.93. The fourth-order valence-electron chi connectivity index (χ4n) is 1.59. The maximum absolute atomic E-state index is 11.4. The number of hydrogen-bond acceptors (Lipinski definition) is 3. The Kier molecular flexibility index (Phi) is 3.35. The second-order valence-corrected chi connectivity index (χ2v) is 4.89. The summed E-state index contributed by atoms with van der Waals surface area (Å²) in [6.45, 7) is 1.97. The van der Waals surface area contributed by atoms with Gasteiger partial charge < -0.3 is 4.74 Å². The van der Waals surface area contributed by atoms with Crippen molar-refractivity contribution in [3.05, 3.63) is 39.0 Å². The van der Waals surface area contributed by atoms with Crippen LogP contribution in [0.5, 0.6) is 0 Å². The number of carbonyl (C=O) groups is 1. The maximum atomic E-state index is 11.4. The molecule has 88 valence electrons. The molecule has 0 amide bonds. The van der Waals surface area contributed by atoms with Crippen LogP contribution < -0.4 is 0 Å². The van der Waals surface area contributed by atoms with Gasteiger partial charge in [0.25, 0.3) is 0 Å². The van der Waals surface area contributed by atoms with E-state index in [0.29, 0.717) is 10.5 Å². The summed E-state index contributed by atoms with van der Waals surface area (Å²) in [4.78, 5) is 15.7. The highest BCUT2D eigenvalue weighted by molar-refractivity contribution is 9.10. The molecule has 3 nitrogen and oxygen atoms in total. The lowest BCUT2D eigenvalue weighted by molar-refractivity contribution is 0.0594. The minimum absolute atomic E-state index is 0.203. The van der Waals surface area contributed by atoms with Gasteiger partial charge in [0.05, 0.1) is 17.6 Å². The average Bonchev–Trinajstić information content (AvgIpc) is 2.29. The molecule has 0 radical (unpaired) electrons. The monoisotopic (exact) mass is 313 g/mol. The van der Waals surface area contributed by atoms with Crippen LogP contribution in [0, 0.1) is 6.92 Å². The highest BCUT2D eigenvalue weighted by Crippen LogP contribution is 2.30. The number of nitrogens with zero attached hydrogens (tertiary/aromatic N) is 1. The summed E-state index contributed by atoms with van der Waals surface area (Å²) in [6, 6.07) is 5.37. The Bertz CT molecular complexity index is 613. The van der Waals surface area contributed by atoms with Crippen LogP contribution in [0.1, 0.15) is 16.1 Å². The van der Waals surface area contributed by atoms with Crippen molar-refractivity contribution in [1.82, 2.24) is 4.98 Å². The summed E-state index contributed by atoms with van der Waals surface area (Å²) < 4.78 is 5.43. The van der Waals surface area contributed by atoms with Crippen LogP contribution in [0.25, 0.3) is 10.9 Å². The van der Waals surface area contributed by atoms with Crippen molar-refractivity contribution in [2.75, 3.05) is 7.11 Å². The van der Waals surface area contributed by atoms with E-state index in [0.717, 1.165) is 15.4 Å². The van der Waals surface area contributed by atoms with E-state index in [9.17, 15) is 4.79 Å². The number of esters is 1. The molecule has 0 aliphatic rings. The van der Waals surface area contributed by atoms with Gasteiger partial charge in [0.15, 0.2) is 5.69 Å². The third-order valence-corrected chi connectivity index (χ3v) is 3.27. The first kappa shape index (κ1) is 12.3. The zero-order chi connectivity index (χ0) is 12.6. The summed E-state index contributed by atoms with van der Waals surface area (Å²) in [5, 5.41) is 1.30. The van der Waals surface area contributed by atoms with Crippen LogP contribution in [0.15, 0.2) is 22.7 Å². The van der Waals surface area contributed by atoms with E-state index in [1.54, 1.807) is 0 Å². The summed E-state index contributed by atoms with van der Waals surface area (Å²) in [5.74, 6) is -0.499. The second-order valence-electron chi connectivity index (χ2n) is 3.62. The van der Waals surface area contributed by atoms with E-state index in [2.05, 4.69) is 25.7 Å². The molecule has 1 aromatic carbocycles. The van der Waals surface area contributed by atoms with Crippen molar-refractivity contribution in [1.29, 1.82) is 0 Å². The number of hydrogen-bond donors (Lipinski definition) is 0. The fraction of sp³-hybridized carbons (Fsp3) is 0.167. The van der Waals surface area contributed by atoms with Gasteiger partial charge in [0.2, 0.25) is 0 Å². The van der Waals surface area contributed by atoms with Gasteiger partial charge >= 0.3 is 5.97 Å². The van der Waals surface area contributed by atoms with Gasteiger partial charge in [-0.1, -0.05) is 11.6 Å². The van der Waals surface area contributed by atoms with E-state index in [-0.39, 0.29) is 5.69 Å². The molecular formula is C12H9BrClNO2. The molecule has 2 aromatic rings. The molecule has 0 saturated heterocycles. The highest BCUT2D eigenvalue weighted by Gasteiger charge is 2.13. The number of ether oxygens (including phenoxy) is 1. The Morgan fingerprint density at radius 1 is 1.41 bits per heavy atom. The van der Waals surface area contributed by atoms with Gasteiger partial charge in [-0.05, 0) is 46.6 Å². The molecule has 0 unspecified atom stereocenters. The molecule has 1 heterocycles. The molecule has 0 fully saturated rings. The SMILES string of the molecule is COC(=O)c1cc(Cl)c2cc(C)cc(Br)c2n1. The van der Waals surface area contributed by atoms with Gasteiger partial charge in [0, 0.05) is 9.86 Å². The Morgan fingerprint density at radius 3 is 2.76 bits per heavy atom. The van der Waals surface area contributed by atoms with Crippen LogP contribution in [-0.2, 0) is 4.74 Å². The van der Waals surface area contributed by atoms with E-state index < -0.39 is 5.97 Å². The molecule has 0 aliphatic carbocycles. The van der Waals surface area contributed by atoms with E-state index in [4.69, 9.17) is 11.6 Å². The van der Waals surface area contributed by atoms with Crippen LogP contribution in [0.2, 0.25) is 5.02 Å². The molecule has 1 aromatic heterocycles. The fourth-order valence-corrected chi connectivity index (χ4v) is 2.50. The molecule has 0 atom stereocenters. The first-order valence-electron chi connectivity index (χ1n) is 4.87. The van der Waals surface area contributed by atoms with Crippen molar-refractivity contribution >= 4 is 44.4 Å². The number of aryl methyl sites for hydroxylation is 1.